The normalized spacial score (nSPS) is 11.4. The van der Waals surface area contributed by atoms with Gasteiger partial charge in [-0.1, -0.05) is 23.8 Å². The maximum atomic E-state index is 5.38. The van der Waals surface area contributed by atoms with E-state index < -0.39 is 0 Å². The molecular formula is C11H9N3S2. The summed E-state index contributed by atoms with van der Waals surface area (Å²) in [6.45, 7) is 2.07. The van der Waals surface area contributed by atoms with E-state index in [1.807, 2.05) is 13.1 Å². The minimum absolute atomic E-state index is 0.850. The molecule has 3 nitrogen and oxygen atoms in total. The number of fused-ring (bicyclic) bond motifs is 2. The van der Waals surface area contributed by atoms with Crippen molar-refractivity contribution in [2.24, 2.45) is 7.05 Å². The molecule has 0 fully saturated rings. The summed E-state index contributed by atoms with van der Waals surface area (Å²) in [6.07, 6.45) is 1.59. The number of rotatable bonds is 0. The maximum absolute atomic E-state index is 5.38. The number of hydrogen-bond acceptors (Lipinski definition) is 4. The Morgan fingerprint density at radius 3 is 2.94 bits per heavy atom. The zero-order chi connectivity index (χ0) is 11.3. The SMILES string of the molecule is Cc1cc2c(=S)cc3ncnc-3c=2sn1C. The molecule has 2 heterocycles. The molecule has 0 unspecified atom stereocenters. The first-order valence-corrected chi connectivity index (χ1v) is 6.06. The van der Waals surface area contributed by atoms with Crippen LogP contribution < -0.4 is 0 Å². The molecule has 0 saturated heterocycles. The molecule has 0 atom stereocenters. The first-order valence-electron chi connectivity index (χ1n) is 4.88. The Kier molecular flexibility index (Phi) is 2.05. The number of nitrogens with zero attached hydrogens (tertiary/aromatic N) is 3. The largest absolute Gasteiger partial charge is 0.305 e. The molecule has 0 aromatic heterocycles. The summed E-state index contributed by atoms with van der Waals surface area (Å²) >= 11 is 7.04. The van der Waals surface area contributed by atoms with Crippen LogP contribution in [0.5, 0.6) is 0 Å². The third-order valence-electron chi connectivity index (χ3n) is 2.70. The van der Waals surface area contributed by atoms with E-state index in [1.54, 1.807) is 17.9 Å². The molecule has 0 spiro atoms. The van der Waals surface area contributed by atoms with Gasteiger partial charge in [-0.25, -0.2) is 9.97 Å². The number of aromatic nitrogens is 3. The molecule has 0 aromatic carbocycles. The molecule has 0 saturated carbocycles. The molecule has 5 heteroatoms. The highest BCUT2D eigenvalue weighted by Crippen LogP contribution is 2.23. The highest BCUT2D eigenvalue weighted by atomic mass is 32.1. The maximum Gasteiger partial charge on any atom is 0.116 e. The third kappa shape index (κ3) is 1.28. The Balaban J connectivity index is 2.69. The van der Waals surface area contributed by atoms with Crippen molar-refractivity contribution in [3.05, 3.63) is 38.4 Å². The van der Waals surface area contributed by atoms with Crippen molar-refractivity contribution in [3.8, 4) is 11.4 Å². The van der Waals surface area contributed by atoms with E-state index in [1.165, 1.54) is 5.69 Å². The van der Waals surface area contributed by atoms with Gasteiger partial charge in [-0.2, -0.15) is 0 Å². The van der Waals surface area contributed by atoms with Gasteiger partial charge in [-0.3, -0.25) is 0 Å². The van der Waals surface area contributed by atoms with Crippen LogP contribution in [-0.4, -0.2) is 13.9 Å². The Morgan fingerprint density at radius 1 is 1.31 bits per heavy atom. The van der Waals surface area contributed by atoms with Crippen LogP contribution in [0.25, 0.3) is 11.4 Å². The summed E-state index contributed by atoms with van der Waals surface area (Å²) in [5.41, 5.74) is 3.03. The Morgan fingerprint density at radius 2 is 2.12 bits per heavy atom. The lowest BCUT2D eigenvalue weighted by molar-refractivity contribution is 0.954. The topological polar surface area (TPSA) is 30.7 Å². The van der Waals surface area contributed by atoms with Crippen LogP contribution in [0.1, 0.15) is 5.69 Å². The summed E-state index contributed by atoms with van der Waals surface area (Å²) in [5.74, 6) is 0. The average molecular weight is 247 g/mol. The number of aryl methyl sites for hydroxylation is 2. The zero-order valence-corrected chi connectivity index (χ0v) is 10.5. The number of imidazole rings is 1. The fourth-order valence-electron chi connectivity index (χ4n) is 1.74. The number of hydrogen-bond donors (Lipinski definition) is 0. The van der Waals surface area contributed by atoms with Gasteiger partial charge in [0.05, 0.1) is 10.2 Å². The second-order valence-electron chi connectivity index (χ2n) is 3.73. The van der Waals surface area contributed by atoms with E-state index in [2.05, 4.69) is 26.9 Å². The Bertz CT molecular complexity index is 756. The molecular weight excluding hydrogens is 238 g/mol. The van der Waals surface area contributed by atoms with Gasteiger partial charge in [-0.15, -0.1) is 0 Å². The van der Waals surface area contributed by atoms with Gasteiger partial charge < -0.3 is 3.96 Å². The van der Waals surface area contributed by atoms with Crippen molar-refractivity contribution in [1.29, 1.82) is 0 Å². The van der Waals surface area contributed by atoms with E-state index in [-0.39, 0.29) is 0 Å². The second-order valence-corrected chi connectivity index (χ2v) is 5.31. The lowest BCUT2D eigenvalue weighted by atomic mass is 10.2. The van der Waals surface area contributed by atoms with Crippen LogP contribution in [0, 0.1) is 21.2 Å². The standard InChI is InChI=1S/C11H9N3S2/c1-6-3-7-9(15)4-8-10(13-5-12-8)11(7)16-14(6)2/h3-5H,1-2H3. The second kappa shape index (κ2) is 3.33. The first kappa shape index (κ1) is 9.86. The summed E-state index contributed by atoms with van der Waals surface area (Å²) in [5, 5.41) is 1.10. The molecule has 2 aliphatic heterocycles. The van der Waals surface area contributed by atoms with E-state index in [0.717, 1.165) is 25.6 Å². The third-order valence-corrected chi connectivity index (χ3v) is 4.19. The molecule has 0 bridgehead atoms. The molecule has 3 rings (SSSR count). The fourth-order valence-corrected chi connectivity index (χ4v) is 3.05. The van der Waals surface area contributed by atoms with E-state index in [0.29, 0.717) is 0 Å². The van der Waals surface area contributed by atoms with Gasteiger partial charge in [0.15, 0.2) is 0 Å². The van der Waals surface area contributed by atoms with Gasteiger partial charge >= 0.3 is 0 Å². The van der Waals surface area contributed by atoms with Crippen LogP contribution in [0.15, 0.2) is 18.5 Å². The van der Waals surface area contributed by atoms with Crippen LogP contribution in [-0.2, 0) is 7.05 Å². The average Bonchev–Trinajstić information content (AvgIpc) is 2.69. The van der Waals surface area contributed by atoms with Crippen molar-refractivity contribution in [2.75, 3.05) is 0 Å². The van der Waals surface area contributed by atoms with Crippen LogP contribution >= 0.6 is 23.8 Å². The fraction of sp³-hybridized carbons (Fsp3) is 0.182. The van der Waals surface area contributed by atoms with Crippen LogP contribution in [0.4, 0.5) is 0 Å². The summed E-state index contributed by atoms with van der Waals surface area (Å²) in [6, 6.07) is 4.04. The quantitative estimate of drug-likeness (QED) is 0.572. The van der Waals surface area contributed by atoms with E-state index in [9.17, 15) is 0 Å². The lowest BCUT2D eigenvalue weighted by Gasteiger charge is -2.05. The minimum Gasteiger partial charge on any atom is -0.305 e. The molecule has 3 aliphatic rings. The van der Waals surface area contributed by atoms with E-state index in [4.69, 9.17) is 12.2 Å². The van der Waals surface area contributed by atoms with E-state index >= 15 is 0 Å². The van der Waals surface area contributed by atoms with Crippen LogP contribution in [0.2, 0.25) is 0 Å². The van der Waals surface area contributed by atoms with Gasteiger partial charge in [-0.05, 0) is 19.1 Å². The van der Waals surface area contributed by atoms with Crippen LogP contribution in [0.3, 0.4) is 0 Å². The zero-order valence-electron chi connectivity index (χ0n) is 8.89. The molecule has 0 N–H and O–H groups in total. The molecule has 16 heavy (non-hydrogen) atoms. The summed E-state index contributed by atoms with van der Waals surface area (Å²) in [7, 11) is 2.04. The van der Waals surface area contributed by atoms with Crippen molar-refractivity contribution in [2.45, 2.75) is 6.92 Å². The Hall–Kier alpha value is -1.33. The van der Waals surface area contributed by atoms with Gasteiger partial charge in [0.2, 0.25) is 0 Å². The van der Waals surface area contributed by atoms with Crippen molar-refractivity contribution in [1.82, 2.24) is 13.9 Å². The predicted molar refractivity (Wildman–Crippen MR) is 66.4 cm³/mol. The van der Waals surface area contributed by atoms with Crippen molar-refractivity contribution >= 4 is 23.8 Å². The predicted octanol–water partition coefficient (Wildman–Crippen LogP) is 2.74. The van der Waals surface area contributed by atoms with Gasteiger partial charge in [0.1, 0.15) is 12.0 Å². The summed E-state index contributed by atoms with van der Waals surface area (Å²) in [4.78, 5) is 8.50. The molecule has 0 amide bonds. The molecule has 80 valence electrons. The molecule has 0 aromatic rings. The van der Waals surface area contributed by atoms with Gasteiger partial charge in [0.25, 0.3) is 0 Å². The van der Waals surface area contributed by atoms with Gasteiger partial charge in [0, 0.05) is 22.5 Å². The monoisotopic (exact) mass is 247 g/mol. The summed E-state index contributed by atoms with van der Waals surface area (Å²) < 4.78 is 4.08. The Labute approximate surface area is 102 Å². The molecule has 1 aliphatic carbocycles. The molecule has 0 radical (unpaired) electrons. The highest BCUT2D eigenvalue weighted by Gasteiger charge is 2.10. The minimum atomic E-state index is 0.850. The first-order chi connectivity index (χ1) is 7.66. The lowest BCUT2D eigenvalue weighted by Crippen LogP contribution is -1.95. The highest BCUT2D eigenvalue weighted by molar-refractivity contribution is 7.71. The smallest absolute Gasteiger partial charge is 0.116 e. The van der Waals surface area contributed by atoms with Crippen molar-refractivity contribution in [3.63, 3.8) is 0 Å². The van der Waals surface area contributed by atoms with Crippen molar-refractivity contribution < 1.29 is 0 Å².